The molecule has 0 saturated carbocycles. The Morgan fingerprint density at radius 2 is 1.87 bits per heavy atom. The SMILES string of the molecule is COCC(C)NC(N)=NCC(C)(C)NC(C)c1ccccc1.I. The molecule has 1 rings (SSSR count). The molecule has 0 spiro atoms. The molecule has 0 amide bonds. The largest absolute Gasteiger partial charge is 0.383 e. The highest BCUT2D eigenvalue weighted by Gasteiger charge is 2.20. The van der Waals surface area contributed by atoms with Gasteiger partial charge in [0.1, 0.15) is 0 Å². The molecular formula is C17H31IN4O. The number of hydrogen-bond acceptors (Lipinski definition) is 3. The van der Waals surface area contributed by atoms with Crippen molar-refractivity contribution in [2.75, 3.05) is 20.3 Å². The summed E-state index contributed by atoms with van der Waals surface area (Å²) in [4.78, 5) is 4.43. The standard InChI is InChI=1S/C17H30N4O.HI/c1-13(11-22-5)20-16(18)19-12-17(3,4)21-14(2)15-9-7-6-8-10-15;/h6-10,13-14,21H,11-12H2,1-5H3,(H3,18,19,20);1H. The van der Waals surface area contributed by atoms with Crippen molar-refractivity contribution in [3.05, 3.63) is 35.9 Å². The molecule has 1 aromatic rings. The number of aliphatic imine (C=N–C) groups is 1. The fraction of sp³-hybridized carbons (Fsp3) is 0.588. The van der Waals surface area contributed by atoms with Gasteiger partial charge in [-0.15, -0.1) is 24.0 Å². The first-order valence-corrected chi connectivity index (χ1v) is 7.72. The maximum absolute atomic E-state index is 5.91. The number of ether oxygens (including phenoxy) is 1. The van der Waals surface area contributed by atoms with E-state index in [1.165, 1.54) is 5.56 Å². The number of nitrogens with two attached hydrogens (primary N) is 1. The Bertz CT molecular complexity index is 465. The van der Waals surface area contributed by atoms with Crippen molar-refractivity contribution in [3.8, 4) is 0 Å². The molecular weight excluding hydrogens is 403 g/mol. The van der Waals surface area contributed by atoms with Crippen LogP contribution in [0, 0.1) is 0 Å². The van der Waals surface area contributed by atoms with Crippen molar-refractivity contribution >= 4 is 29.9 Å². The van der Waals surface area contributed by atoms with Crippen molar-refractivity contribution in [1.82, 2.24) is 10.6 Å². The summed E-state index contributed by atoms with van der Waals surface area (Å²) < 4.78 is 5.07. The molecule has 132 valence electrons. The van der Waals surface area contributed by atoms with E-state index in [4.69, 9.17) is 10.5 Å². The van der Waals surface area contributed by atoms with Gasteiger partial charge >= 0.3 is 0 Å². The second kappa shape index (κ2) is 10.8. The molecule has 23 heavy (non-hydrogen) atoms. The lowest BCUT2D eigenvalue weighted by molar-refractivity contribution is 0.179. The van der Waals surface area contributed by atoms with Crippen LogP contribution in [0.1, 0.15) is 39.3 Å². The molecule has 0 saturated heterocycles. The summed E-state index contributed by atoms with van der Waals surface area (Å²) in [5.41, 5.74) is 7.03. The number of methoxy groups -OCH3 is 1. The highest BCUT2D eigenvalue weighted by atomic mass is 127. The molecule has 0 aliphatic rings. The number of hydrogen-bond donors (Lipinski definition) is 3. The van der Waals surface area contributed by atoms with Crippen molar-refractivity contribution in [2.24, 2.45) is 10.7 Å². The highest BCUT2D eigenvalue weighted by molar-refractivity contribution is 14.0. The van der Waals surface area contributed by atoms with Gasteiger partial charge in [0.15, 0.2) is 5.96 Å². The van der Waals surface area contributed by atoms with Gasteiger partial charge in [0, 0.05) is 24.7 Å². The molecule has 0 heterocycles. The van der Waals surface area contributed by atoms with E-state index in [0.29, 0.717) is 19.1 Å². The molecule has 6 heteroatoms. The Morgan fingerprint density at radius 1 is 1.26 bits per heavy atom. The van der Waals surface area contributed by atoms with Crippen LogP contribution in [0.4, 0.5) is 0 Å². The Kier molecular flexibility index (Phi) is 10.4. The number of halogens is 1. The van der Waals surface area contributed by atoms with Crippen LogP contribution in [0.15, 0.2) is 35.3 Å². The molecule has 0 aliphatic heterocycles. The lowest BCUT2D eigenvalue weighted by atomic mass is 10.0. The van der Waals surface area contributed by atoms with E-state index in [-0.39, 0.29) is 41.6 Å². The molecule has 5 nitrogen and oxygen atoms in total. The monoisotopic (exact) mass is 434 g/mol. The molecule has 0 radical (unpaired) electrons. The third-order valence-corrected chi connectivity index (χ3v) is 3.36. The Hall–Kier alpha value is -0.860. The van der Waals surface area contributed by atoms with Gasteiger partial charge < -0.3 is 21.1 Å². The average molecular weight is 434 g/mol. The zero-order chi connectivity index (χ0) is 16.6. The third-order valence-electron chi connectivity index (χ3n) is 3.36. The Labute approximate surface area is 157 Å². The number of nitrogens with zero attached hydrogens (tertiary/aromatic N) is 1. The van der Waals surface area contributed by atoms with Gasteiger partial charge in [0.25, 0.3) is 0 Å². The van der Waals surface area contributed by atoms with E-state index in [1.54, 1.807) is 7.11 Å². The third kappa shape index (κ3) is 9.12. The summed E-state index contributed by atoms with van der Waals surface area (Å²) in [6.45, 7) is 9.62. The van der Waals surface area contributed by atoms with Gasteiger partial charge in [-0.3, -0.25) is 4.99 Å². The molecule has 0 bridgehead atoms. The molecule has 4 N–H and O–H groups in total. The number of rotatable bonds is 8. The van der Waals surface area contributed by atoms with Crippen LogP contribution < -0.4 is 16.4 Å². The number of guanidine groups is 1. The molecule has 2 atom stereocenters. The van der Waals surface area contributed by atoms with Crippen LogP contribution in [0.5, 0.6) is 0 Å². The van der Waals surface area contributed by atoms with Gasteiger partial charge in [-0.1, -0.05) is 30.3 Å². The minimum absolute atomic E-state index is 0. The van der Waals surface area contributed by atoms with E-state index in [2.05, 4.69) is 60.7 Å². The second-order valence-corrected chi connectivity index (χ2v) is 6.36. The van der Waals surface area contributed by atoms with Crippen LogP contribution in [0.25, 0.3) is 0 Å². The van der Waals surface area contributed by atoms with Crippen LogP contribution in [-0.4, -0.2) is 37.8 Å². The zero-order valence-electron chi connectivity index (χ0n) is 14.8. The van der Waals surface area contributed by atoms with E-state index in [0.717, 1.165) is 0 Å². The summed E-state index contributed by atoms with van der Waals surface area (Å²) >= 11 is 0. The summed E-state index contributed by atoms with van der Waals surface area (Å²) in [6, 6.07) is 10.8. The normalized spacial score (nSPS) is 14.7. The minimum atomic E-state index is -0.147. The fourth-order valence-electron chi connectivity index (χ4n) is 2.33. The first-order chi connectivity index (χ1) is 10.3. The van der Waals surface area contributed by atoms with Crippen molar-refractivity contribution in [2.45, 2.75) is 45.3 Å². The van der Waals surface area contributed by atoms with E-state index < -0.39 is 0 Å². The lowest BCUT2D eigenvalue weighted by Gasteiger charge is -2.29. The summed E-state index contributed by atoms with van der Waals surface area (Å²) in [5, 5.41) is 6.70. The summed E-state index contributed by atoms with van der Waals surface area (Å²) in [6.07, 6.45) is 0. The van der Waals surface area contributed by atoms with E-state index >= 15 is 0 Å². The molecule has 0 aromatic heterocycles. The van der Waals surface area contributed by atoms with Gasteiger partial charge in [-0.25, -0.2) is 0 Å². The topological polar surface area (TPSA) is 71.7 Å². The highest BCUT2D eigenvalue weighted by Crippen LogP contribution is 2.16. The van der Waals surface area contributed by atoms with Gasteiger partial charge in [-0.05, 0) is 33.3 Å². The van der Waals surface area contributed by atoms with E-state index in [1.807, 2.05) is 13.0 Å². The maximum atomic E-state index is 5.91. The first-order valence-electron chi connectivity index (χ1n) is 7.72. The fourth-order valence-corrected chi connectivity index (χ4v) is 2.33. The van der Waals surface area contributed by atoms with Crippen molar-refractivity contribution < 1.29 is 4.74 Å². The van der Waals surface area contributed by atoms with E-state index in [9.17, 15) is 0 Å². The molecule has 2 unspecified atom stereocenters. The number of benzene rings is 1. The van der Waals surface area contributed by atoms with Crippen LogP contribution >= 0.6 is 24.0 Å². The second-order valence-electron chi connectivity index (χ2n) is 6.36. The van der Waals surface area contributed by atoms with Gasteiger partial charge in [-0.2, -0.15) is 0 Å². The minimum Gasteiger partial charge on any atom is -0.383 e. The molecule has 0 fully saturated rings. The van der Waals surface area contributed by atoms with Crippen molar-refractivity contribution in [1.29, 1.82) is 0 Å². The van der Waals surface area contributed by atoms with Crippen LogP contribution in [-0.2, 0) is 4.74 Å². The van der Waals surface area contributed by atoms with Gasteiger partial charge in [0.2, 0.25) is 0 Å². The summed E-state index contributed by atoms with van der Waals surface area (Å²) in [5.74, 6) is 0.451. The Morgan fingerprint density at radius 3 is 2.43 bits per heavy atom. The molecule has 0 aliphatic carbocycles. The maximum Gasteiger partial charge on any atom is 0.188 e. The van der Waals surface area contributed by atoms with Crippen LogP contribution in [0.2, 0.25) is 0 Å². The van der Waals surface area contributed by atoms with Gasteiger partial charge in [0.05, 0.1) is 13.2 Å². The summed E-state index contributed by atoms with van der Waals surface area (Å²) in [7, 11) is 1.67. The smallest absolute Gasteiger partial charge is 0.188 e. The predicted octanol–water partition coefficient (Wildman–Crippen LogP) is 2.67. The van der Waals surface area contributed by atoms with Crippen molar-refractivity contribution in [3.63, 3.8) is 0 Å². The zero-order valence-corrected chi connectivity index (χ0v) is 17.1. The Balaban J connectivity index is 0.00000484. The average Bonchev–Trinajstić information content (AvgIpc) is 2.46. The lowest BCUT2D eigenvalue weighted by Crippen LogP contribution is -2.46. The molecule has 1 aromatic carbocycles. The predicted molar refractivity (Wildman–Crippen MR) is 108 cm³/mol. The number of nitrogens with one attached hydrogen (secondary N) is 2. The quantitative estimate of drug-likeness (QED) is 0.334. The van der Waals surface area contributed by atoms with Crippen LogP contribution in [0.3, 0.4) is 0 Å². The first kappa shape index (κ1) is 22.1.